The molecule has 0 heterocycles. The van der Waals surface area contributed by atoms with Crippen molar-refractivity contribution in [2.24, 2.45) is 0 Å². The van der Waals surface area contributed by atoms with E-state index in [2.05, 4.69) is 30.9 Å². The maximum Gasteiger partial charge on any atom is -0.0185 e. The van der Waals surface area contributed by atoms with Crippen LogP contribution >= 0.6 is 0 Å². The van der Waals surface area contributed by atoms with Crippen LogP contribution in [0.2, 0.25) is 0 Å². The SMILES string of the molecule is C=C(C)/C=c1/cccc/c1=C/C. The molecule has 0 saturated carbocycles. The molecule has 0 spiro atoms. The van der Waals surface area contributed by atoms with E-state index >= 15 is 0 Å². The van der Waals surface area contributed by atoms with Crippen molar-refractivity contribution >= 4 is 12.2 Å². The molecule has 0 amide bonds. The topological polar surface area (TPSA) is 0 Å². The Hall–Kier alpha value is -1.30. The summed E-state index contributed by atoms with van der Waals surface area (Å²) in [5.41, 5.74) is 1.09. The molecular formula is C12H14. The minimum absolute atomic E-state index is 1.09. The van der Waals surface area contributed by atoms with Gasteiger partial charge in [-0.25, -0.2) is 0 Å². The number of hydrogen-bond acceptors (Lipinski definition) is 0. The quantitative estimate of drug-likeness (QED) is 0.585. The van der Waals surface area contributed by atoms with E-state index in [4.69, 9.17) is 0 Å². The number of allylic oxidation sites excluding steroid dienone is 1. The van der Waals surface area contributed by atoms with Gasteiger partial charge < -0.3 is 0 Å². The largest absolute Gasteiger partial charge is 0.0961 e. The Morgan fingerprint density at radius 2 is 1.83 bits per heavy atom. The van der Waals surface area contributed by atoms with E-state index in [9.17, 15) is 0 Å². The molecular weight excluding hydrogens is 144 g/mol. The number of rotatable bonds is 1. The maximum absolute atomic E-state index is 3.86. The molecule has 1 aromatic carbocycles. The average Bonchev–Trinajstić information content (AvgIpc) is 2.04. The Kier molecular flexibility index (Phi) is 2.87. The molecule has 0 saturated heterocycles. The molecule has 0 N–H and O–H groups in total. The normalized spacial score (nSPS) is 13.5. The Labute approximate surface area is 73.6 Å². The van der Waals surface area contributed by atoms with Crippen LogP contribution in [0.1, 0.15) is 13.8 Å². The molecule has 0 aliphatic rings. The van der Waals surface area contributed by atoms with Crippen molar-refractivity contribution in [2.75, 3.05) is 0 Å². The first kappa shape index (κ1) is 8.79. The second-order valence-electron chi connectivity index (χ2n) is 2.91. The van der Waals surface area contributed by atoms with E-state index in [0.29, 0.717) is 0 Å². The van der Waals surface area contributed by atoms with E-state index in [1.807, 2.05) is 26.0 Å². The van der Waals surface area contributed by atoms with Crippen molar-refractivity contribution in [3.8, 4) is 0 Å². The Morgan fingerprint density at radius 3 is 2.33 bits per heavy atom. The summed E-state index contributed by atoms with van der Waals surface area (Å²) >= 11 is 0. The first-order valence-electron chi connectivity index (χ1n) is 4.12. The molecule has 0 atom stereocenters. The van der Waals surface area contributed by atoms with Crippen LogP contribution in [0.5, 0.6) is 0 Å². The van der Waals surface area contributed by atoms with Crippen molar-refractivity contribution in [1.82, 2.24) is 0 Å². The highest BCUT2D eigenvalue weighted by atomic mass is 13.9. The second kappa shape index (κ2) is 3.91. The van der Waals surface area contributed by atoms with Gasteiger partial charge in [0.15, 0.2) is 0 Å². The molecule has 1 aromatic rings. The van der Waals surface area contributed by atoms with Gasteiger partial charge in [-0.2, -0.15) is 0 Å². The van der Waals surface area contributed by atoms with Crippen LogP contribution in [0, 0.1) is 0 Å². The smallest absolute Gasteiger partial charge is 0.0185 e. The molecule has 0 fully saturated rings. The molecule has 0 heteroatoms. The van der Waals surface area contributed by atoms with Crippen LogP contribution in [0.15, 0.2) is 36.4 Å². The molecule has 1 rings (SSSR count). The molecule has 12 heavy (non-hydrogen) atoms. The molecule has 0 aromatic heterocycles. The highest BCUT2D eigenvalue weighted by Crippen LogP contribution is 1.85. The van der Waals surface area contributed by atoms with Crippen molar-refractivity contribution < 1.29 is 0 Å². The number of hydrogen-bond donors (Lipinski definition) is 0. The fraction of sp³-hybridized carbons (Fsp3) is 0.167. The molecule has 0 unspecified atom stereocenters. The summed E-state index contributed by atoms with van der Waals surface area (Å²) in [7, 11) is 0. The molecule has 0 nitrogen and oxygen atoms in total. The van der Waals surface area contributed by atoms with Gasteiger partial charge in [-0.1, -0.05) is 48.6 Å². The zero-order valence-corrected chi connectivity index (χ0v) is 7.67. The predicted molar refractivity (Wildman–Crippen MR) is 55.1 cm³/mol. The van der Waals surface area contributed by atoms with E-state index < -0.39 is 0 Å². The zero-order valence-electron chi connectivity index (χ0n) is 7.67. The molecule has 0 aliphatic heterocycles. The van der Waals surface area contributed by atoms with Gasteiger partial charge in [0.05, 0.1) is 0 Å². The van der Waals surface area contributed by atoms with Crippen molar-refractivity contribution in [3.05, 3.63) is 46.9 Å². The van der Waals surface area contributed by atoms with Crippen LogP contribution in [0.4, 0.5) is 0 Å². The minimum Gasteiger partial charge on any atom is -0.0961 e. The van der Waals surface area contributed by atoms with Crippen LogP contribution in [-0.4, -0.2) is 0 Å². The third-order valence-corrected chi connectivity index (χ3v) is 1.71. The van der Waals surface area contributed by atoms with E-state index in [1.54, 1.807) is 0 Å². The standard InChI is InChI=1S/C12H14/c1-4-11-7-5-6-8-12(11)9-10(2)3/h4-9H,2H2,1,3H3/b11-4-,12-9-. The summed E-state index contributed by atoms with van der Waals surface area (Å²) in [6.07, 6.45) is 4.20. The van der Waals surface area contributed by atoms with Crippen molar-refractivity contribution in [3.63, 3.8) is 0 Å². The van der Waals surface area contributed by atoms with Crippen LogP contribution in [0.3, 0.4) is 0 Å². The summed E-state index contributed by atoms with van der Waals surface area (Å²) in [5.74, 6) is 0. The van der Waals surface area contributed by atoms with Gasteiger partial charge in [0.25, 0.3) is 0 Å². The zero-order chi connectivity index (χ0) is 8.97. The lowest BCUT2D eigenvalue weighted by Gasteiger charge is -1.89. The fourth-order valence-corrected chi connectivity index (χ4v) is 1.17. The molecule has 0 radical (unpaired) electrons. The second-order valence-corrected chi connectivity index (χ2v) is 2.91. The predicted octanol–water partition coefficient (Wildman–Crippen LogP) is 1.84. The first-order chi connectivity index (χ1) is 5.74. The van der Waals surface area contributed by atoms with Gasteiger partial charge in [-0.05, 0) is 24.3 Å². The third kappa shape index (κ3) is 2.09. The van der Waals surface area contributed by atoms with Gasteiger partial charge >= 0.3 is 0 Å². The summed E-state index contributed by atoms with van der Waals surface area (Å²) in [6, 6.07) is 8.30. The summed E-state index contributed by atoms with van der Waals surface area (Å²) in [6.45, 7) is 7.91. The van der Waals surface area contributed by atoms with Crippen LogP contribution < -0.4 is 10.4 Å². The van der Waals surface area contributed by atoms with Crippen molar-refractivity contribution in [2.45, 2.75) is 13.8 Å². The van der Waals surface area contributed by atoms with Gasteiger partial charge in [0, 0.05) is 0 Å². The summed E-state index contributed by atoms with van der Waals surface area (Å²) in [4.78, 5) is 0. The van der Waals surface area contributed by atoms with Crippen LogP contribution in [0.25, 0.3) is 12.2 Å². The van der Waals surface area contributed by atoms with Gasteiger partial charge in [0.1, 0.15) is 0 Å². The molecule has 0 aliphatic carbocycles. The third-order valence-electron chi connectivity index (χ3n) is 1.71. The average molecular weight is 158 g/mol. The maximum atomic E-state index is 3.86. The van der Waals surface area contributed by atoms with E-state index in [1.165, 1.54) is 10.4 Å². The van der Waals surface area contributed by atoms with E-state index in [0.717, 1.165) is 5.57 Å². The van der Waals surface area contributed by atoms with Gasteiger partial charge in [-0.15, -0.1) is 0 Å². The summed E-state index contributed by atoms with van der Waals surface area (Å²) < 4.78 is 0. The van der Waals surface area contributed by atoms with Crippen LogP contribution in [-0.2, 0) is 0 Å². The lowest BCUT2D eigenvalue weighted by Crippen LogP contribution is -2.23. The monoisotopic (exact) mass is 158 g/mol. The van der Waals surface area contributed by atoms with Gasteiger partial charge in [-0.3, -0.25) is 0 Å². The molecule has 62 valence electrons. The lowest BCUT2D eigenvalue weighted by atomic mass is 10.2. The number of benzene rings is 1. The Morgan fingerprint density at radius 1 is 1.25 bits per heavy atom. The lowest BCUT2D eigenvalue weighted by molar-refractivity contribution is 1.48. The minimum atomic E-state index is 1.09. The van der Waals surface area contributed by atoms with Crippen molar-refractivity contribution in [1.29, 1.82) is 0 Å². The Balaban J connectivity index is 3.43. The Bertz CT molecular complexity index is 383. The summed E-state index contributed by atoms with van der Waals surface area (Å²) in [5, 5.41) is 2.51. The molecule has 0 bridgehead atoms. The van der Waals surface area contributed by atoms with E-state index in [-0.39, 0.29) is 0 Å². The highest BCUT2D eigenvalue weighted by molar-refractivity contribution is 5.44. The highest BCUT2D eigenvalue weighted by Gasteiger charge is 1.81. The fourth-order valence-electron chi connectivity index (χ4n) is 1.17. The first-order valence-corrected chi connectivity index (χ1v) is 4.12. The van der Waals surface area contributed by atoms with Gasteiger partial charge in [0.2, 0.25) is 0 Å².